The Labute approximate surface area is 123 Å². The van der Waals surface area contributed by atoms with E-state index in [-0.39, 0.29) is 17.7 Å². The summed E-state index contributed by atoms with van der Waals surface area (Å²) in [5.74, 6) is -0.145. The molecule has 1 aromatic heterocycles. The third kappa shape index (κ3) is 2.91. The van der Waals surface area contributed by atoms with E-state index in [1.165, 1.54) is 12.8 Å². The van der Waals surface area contributed by atoms with Crippen molar-refractivity contribution >= 4 is 11.8 Å². The molecule has 114 valence electrons. The lowest BCUT2D eigenvalue weighted by Crippen LogP contribution is -2.37. The van der Waals surface area contributed by atoms with Crippen LogP contribution in [0.2, 0.25) is 0 Å². The van der Waals surface area contributed by atoms with Crippen molar-refractivity contribution in [2.75, 3.05) is 6.54 Å². The summed E-state index contributed by atoms with van der Waals surface area (Å²) in [6.07, 6.45) is 6.52. The van der Waals surface area contributed by atoms with Gasteiger partial charge in [0.1, 0.15) is 0 Å². The normalized spacial score (nSPS) is 23.0. The molecule has 1 saturated heterocycles. The fourth-order valence-electron chi connectivity index (χ4n) is 3.27. The summed E-state index contributed by atoms with van der Waals surface area (Å²) in [7, 11) is 1.79. The Morgan fingerprint density at radius 3 is 2.86 bits per heavy atom. The van der Waals surface area contributed by atoms with Crippen LogP contribution in [0.15, 0.2) is 6.20 Å². The van der Waals surface area contributed by atoms with E-state index in [1.807, 2.05) is 4.90 Å². The van der Waals surface area contributed by atoms with Crippen molar-refractivity contribution in [3.05, 3.63) is 11.9 Å². The molecule has 1 saturated carbocycles. The van der Waals surface area contributed by atoms with Crippen LogP contribution in [0.5, 0.6) is 0 Å². The van der Waals surface area contributed by atoms with Gasteiger partial charge < -0.3 is 10.2 Å². The molecule has 1 unspecified atom stereocenters. The van der Waals surface area contributed by atoms with Crippen molar-refractivity contribution < 1.29 is 9.59 Å². The van der Waals surface area contributed by atoms with Gasteiger partial charge in [0.2, 0.25) is 11.8 Å². The first kappa shape index (κ1) is 14.0. The fourth-order valence-corrected chi connectivity index (χ4v) is 3.27. The predicted molar refractivity (Wildman–Crippen MR) is 74.9 cm³/mol. The maximum atomic E-state index is 12.2. The van der Waals surface area contributed by atoms with Crippen molar-refractivity contribution in [3.63, 3.8) is 0 Å². The van der Waals surface area contributed by atoms with Crippen LogP contribution in [-0.2, 0) is 23.2 Å². The van der Waals surface area contributed by atoms with Crippen molar-refractivity contribution in [2.45, 2.75) is 44.7 Å². The molecular formula is C14H21N5O2. The van der Waals surface area contributed by atoms with Gasteiger partial charge in [-0.1, -0.05) is 18.1 Å². The molecule has 1 N–H and O–H groups in total. The number of nitrogens with one attached hydrogen (secondary N) is 1. The van der Waals surface area contributed by atoms with E-state index in [1.54, 1.807) is 17.9 Å². The van der Waals surface area contributed by atoms with E-state index in [0.29, 0.717) is 25.6 Å². The van der Waals surface area contributed by atoms with Gasteiger partial charge in [-0.15, -0.1) is 5.10 Å². The summed E-state index contributed by atoms with van der Waals surface area (Å²) in [6.45, 7) is 0.968. The van der Waals surface area contributed by atoms with Crippen LogP contribution in [0.1, 0.15) is 37.8 Å². The Hall–Kier alpha value is -1.92. The van der Waals surface area contributed by atoms with Crippen molar-refractivity contribution in [1.82, 2.24) is 25.2 Å². The number of rotatable bonds is 4. The van der Waals surface area contributed by atoms with E-state index < -0.39 is 0 Å². The molecule has 7 nitrogen and oxygen atoms in total. The van der Waals surface area contributed by atoms with Crippen LogP contribution >= 0.6 is 0 Å². The monoisotopic (exact) mass is 291 g/mol. The van der Waals surface area contributed by atoms with E-state index in [9.17, 15) is 9.59 Å². The van der Waals surface area contributed by atoms with Crippen LogP contribution in [0, 0.1) is 5.92 Å². The molecule has 0 aromatic carbocycles. The van der Waals surface area contributed by atoms with Gasteiger partial charge in [-0.3, -0.25) is 14.3 Å². The van der Waals surface area contributed by atoms with Crippen LogP contribution < -0.4 is 5.32 Å². The van der Waals surface area contributed by atoms with Crippen LogP contribution in [-0.4, -0.2) is 44.3 Å². The lowest BCUT2D eigenvalue weighted by Gasteiger charge is -2.23. The lowest BCUT2D eigenvalue weighted by molar-refractivity contribution is -0.130. The second kappa shape index (κ2) is 5.83. The van der Waals surface area contributed by atoms with Crippen molar-refractivity contribution in [3.8, 4) is 0 Å². The van der Waals surface area contributed by atoms with Gasteiger partial charge in [0.15, 0.2) is 0 Å². The molecule has 2 fully saturated rings. The number of likely N-dealkylation sites (tertiary alicyclic amines) is 1. The number of amides is 2. The Morgan fingerprint density at radius 2 is 2.19 bits per heavy atom. The Kier molecular flexibility index (Phi) is 3.90. The fraction of sp³-hybridized carbons (Fsp3) is 0.714. The highest BCUT2D eigenvalue weighted by molar-refractivity contribution is 5.89. The molecule has 3 rings (SSSR count). The van der Waals surface area contributed by atoms with Gasteiger partial charge in [-0.05, 0) is 12.8 Å². The summed E-state index contributed by atoms with van der Waals surface area (Å²) in [4.78, 5) is 26.2. The number of hydrogen-bond donors (Lipinski definition) is 1. The first-order valence-corrected chi connectivity index (χ1v) is 7.56. The highest BCUT2D eigenvalue weighted by atomic mass is 16.2. The van der Waals surface area contributed by atoms with Gasteiger partial charge in [0.25, 0.3) is 0 Å². The molecule has 7 heteroatoms. The maximum absolute atomic E-state index is 12.2. The predicted octanol–water partition coefficient (Wildman–Crippen LogP) is 0.222. The summed E-state index contributed by atoms with van der Waals surface area (Å²) < 4.78 is 1.63. The number of aryl methyl sites for hydroxylation is 1. The molecular weight excluding hydrogens is 270 g/mol. The highest BCUT2D eigenvalue weighted by Gasteiger charge is 2.38. The average molecular weight is 291 g/mol. The quantitative estimate of drug-likeness (QED) is 0.860. The molecule has 0 spiro atoms. The van der Waals surface area contributed by atoms with Gasteiger partial charge in [0.05, 0.1) is 24.4 Å². The largest absolute Gasteiger partial charge is 0.350 e. The molecule has 2 amide bonds. The van der Waals surface area contributed by atoms with Gasteiger partial charge >= 0.3 is 0 Å². The Bertz CT molecular complexity index is 535. The molecule has 21 heavy (non-hydrogen) atoms. The third-order valence-electron chi connectivity index (χ3n) is 4.55. The second-order valence-corrected chi connectivity index (χ2v) is 5.95. The van der Waals surface area contributed by atoms with Gasteiger partial charge in [-0.25, -0.2) is 0 Å². The molecule has 0 radical (unpaired) electrons. The maximum Gasteiger partial charge on any atom is 0.225 e. The zero-order chi connectivity index (χ0) is 14.8. The zero-order valence-corrected chi connectivity index (χ0v) is 12.3. The smallest absolute Gasteiger partial charge is 0.225 e. The Balaban J connectivity index is 1.54. The van der Waals surface area contributed by atoms with Crippen LogP contribution in [0.3, 0.4) is 0 Å². The topological polar surface area (TPSA) is 80.1 Å². The van der Waals surface area contributed by atoms with Crippen LogP contribution in [0.4, 0.5) is 0 Å². The van der Waals surface area contributed by atoms with Gasteiger partial charge in [0, 0.05) is 26.1 Å². The van der Waals surface area contributed by atoms with Gasteiger partial charge in [-0.2, -0.15) is 0 Å². The minimum Gasteiger partial charge on any atom is -0.350 e. The Morgan fingerprint density at radius 1 is 1.43 bits per heavy atom. The summed E-state index contributed by atoms with van der Waals surface area (Å²) in [6, 6.07) is 0.358. The first-order chi connectivity index (χ1) is 10.1. The van der Waals surface area contributed by atoms with Crippen molar-refractivity contribution in [1.29, 1.82) is 0 Å². The van der Waals surface area contributed by atoms with E-state index in [4.69, 9.17) is 0 Å². The van der Waals surface area contributed by atoms with E-state index in [0.717, 1.165) is 18.5 Å². The molecule has 1 aliphatic carbocycles. The number of hydrogen-bond acceptors (Lipinski definition) is 4. The summed E-state index contributed by atoms with van der Waals surface area (Å²) in [5, 5.41) is 10.5. The highest BCUT2D eigenvalue weighted by Crippen LogP contribution is 2.29. The average Bonchev–Trinajstić information content (AvgIpc) is 3.17. The summed E-state index contributed by atoms with van der Waals surface area (Å²) in [5.41, 5.74) is 0.848. The first-order valence-electron chi connectivity index (χ1n) is 7.56. The zero-order valence-electron chi connectivity index (χ0n) is 12.3. The molecule has 1 aromatic rings. The van der Waals surface area contributed by atoms with E-state index >= 15 is 0 Å². The summed E-state index contributed by atoms with van der Waals surface area (Å²) >= 11 is 0. The van der Waals surface area contributed by atoms with Crippen LogP contribution in [0.25, 0.3) is 0 Å². The lowest BCUT2D eigenvalue weighted by atomic mass is 10.1. The van der Waals surface area contributed by atoms with Crippen molar-refractivity contribution in [2.24, 2.45) is 13.0 Å². The number of carbonyl (C=O) groups excluding carboxylic acids is 2. The number of aromatic nitrogens is 3. The minimum atomic E-state index is -0.223. The standard InChI is InChI=1S/C14H21N5O2/c1-18-12(8-16-17-18)7-15-14(21)10-6-13(20)19(9-10)11-4-2-3-5-11/h8,10-11H,2-7,9H2,1H3,(H,15,21). The minimum absolute atomic E-state index is 0.0509. The molecule has 1 atom stereocenters. The molecule has 1 aliphatic heterocycles. The number of carbonyl (C=O) groups is 2. The third-order valence-corrected chi connectivity index (χ3v) is 4.55. The molecule has 2 heterocycles. The second-order valence-electron chi connectivity index (χ2n) is 5.95. The SMILES string of the molecule is Cn1nncc1CNC(=O)C1CC(=O)N(C2CCCC2)C1. The molecule has 0 bridgehead atoms. The number of nitrogens with zero attached hydrogens (tertiary/aromatic N) is 4. The van der Waals surface area contributed by atoms with E-state index in [2.05, 4.69) is 15.6 Å². The molecule has 2 aliphatic rings.